The van der Waals surface area contributed by atoms with Crippen LogP contribution in [0.3, 0.4) is 0 Å². The van der Waals surface area contributed by atoms with Crippen LogP contribution in [0.5, 0.6) is 0 Å². The lowest BCUT2D eigenvalue weighted by Crippen LogP contribution is -2.10. The molecule has 0 aromatic carbocycles. The topological polar surface area (TPSA) is 76.7 Å². The maximum absolute atomic E-state index is 5.27. The van der Waals surface area contributed by atoms with E-state index in [-0.39, 0.29) is 0 Å². The van der Waals surface area contributed by atoms with Crippen LogP contribution >= 0.6 is 23.1 Å². The van der Waals surface area contributed by atoms with Crippen LogP contribution in [0.2, 0.25) is 0 Å². The minimum atomic E-state index is 0.418. The summed E-state index contributed by atoms with van der Waals surface area (Å²) in [6.45, 7) is 3.93. The number of aryl methyl sites for hydroxylation is 2. The summed E-state index contributed by atoms with van der Waals surface area (Å²) in [4.78, 5) is 12.7. The van der Waals surface area contributed by atoms with Gasteiger partial charge in [0.15, 0.2) is 4.34 Å². The predicted octanol–water partition coefficient (Wildman–Crippen LogP) is 1.99. The molecule has 2 rings (SSSR count). The highest BCUT2D eigenvalue weighted by atomic mass is 32.2. The number of nitrogens with one attached hydrogen (secondary N) is 1. The first-order valence-corrected chi connectivity index (χ1v) is 6.29. The van der Waals surface area contributed by atoms with Crippen LogP contribution < -0.4 is 11.3 Å². The monoisotopic (exact) mass is 253 g/mol. The van der Waals surface area contributed by atoms with Crippen LogP contribution in [0.4, 0.5) is 5.95 Å². The van der Waals surface area contributed by atoms with Gasteiger partial charge in [-0.25, -0.2) is 20.8 Å². The number of hydrogen-bond donors (Lipinski definition) is 2. The third-order valence-electron chi connectivity index (χ3n) is 1.84. The Balaban J connectivity index is 2.26. The van der Waals surface area contributed by atoms with Crippen LogP contribution in [0.25, 0.3) is 0 Å². The van der Waals surface area contributed by atoms with E-state index in [1.807, 2.05) is 19.2 Å². The molecule has 0 aliphatic carbocycles. The van der Waals surface area contributed by atoms with Crippen molar-refractivity contribution < 1.29 is 0 Å². The van der Waals surface area contributed by atoms with Crippen molar-refractivity contribution in [2.45, 2.75) is 23.2 Å². The highest BCUT2D eigenvalue weighted by Gasteiger charge is 2.07. The van der Waals surface area contributed by atoms with Gasteiger partial charge < -0.3 is 0 Å². The van der Waals surface area contributed by atoms with Crippen LogP contribution in [0.15, 0.2) is 20.9 Å². The number of rotatable bonds is 3. The summed E-state index contributed by atoms with van der Waals surface area (Å²) in [5, 5.41) is 2.89. The van der Waals surface area contributed by atoms with Gasteiger partial charge in [-0.15, -0.1) is 11.3 Å². The average Bonchev–Trinajstić information content (AvgIpc) is 2.67. The molecule has 0 atom stereocenters. The normalized spacial score (nSPS) is 10.4. The van der Waals surface area contributed by atoms with Crippen molar-refractivity contribution in [2.24, 2.45) is 5.84 Å². The number of anilines is 1. The second kappa shape index (κ2) is 4.77. The maximum atomic E-state index is 5.27. The van der Waals surface area contributed by atoms with Gasteiger partial charge >= 0.3 is 0 Å². The van der Waals surface area contributed by atoms with Crippen molar-refractivity contribution >= 4 is 29.0 Å². The zero-order chi connectivity index (χ0) is 11.5. The van der Waals surface area contributed by atoms with E-state index in [0.29, 0.717) is 5.95 Å². The summed E-state index contributed by atoms with van der Waals surface area (Å²) in [5.41, 5.74) is 4.47. The predicted molar refractivity (Wildman–Crippen MR) is 65.6 cm³/mol. The molecular weight excluding hydrogens is 242 g/mol. The Morgan fingerprint density at radius 1 is 1.38 bits per heavy atom. The van der Waals surface area contributed by atoms with Gasteiger partial charge in [-0.05, 0) is 25.6 Å². The molecule has 3 N–H and O–H groups in total. The minimum absolute atomic E-state index is 0.418. The number of nitrogens with zero attached hydrogens (tertiary/aromatic N) is 3. The first-order valence-electron chi connectivity index (χ1n) is 4.59. The van der Waals surface area contributed by atoms with Crippen molar-refractivity contribution in [3.05, 3.63) is 22.8 Å². The van der Waals surface area contributed by atoms with Crippen molar-refractivity contribution in [2.75, 3.05) is 5.43 Å². The zero-order valence-electron chi connectivity index (χ0n) is 8.89. The number of thiazole rings is 1. The van der Waals surface area contributed by atoms with Gasteiger partial charge in [0.1, 0.15) is 5.03 Å². The number of nitrogens with two attached hydrogens (primary N) is 1. The second-order valence-electron chi connectivity index (χ2n) is 3.18. The van der Waals surface area contributed by atoms with Gasteiger partial charge in [-0.1, -0.05) is 0 Å². The standard InChI is InChI=1S/C9H11N5S2/c1-5-3-11-8(14-10)13-7(5)16-9-12-6(2)4-15-9/h3-4H,10H2,1-2H3,(H,11,13,14). The van der Waals surface area contributed by atoms with Gasteiger partial charge in [0.25, 0.3) is 0 Å². The largest absolute Gasteiger partial charge is 0.292 e. The van der Waals surface area contributed by atoms with E-state index in [1.165, 1.54) is 11.8 Å². The Bertz CT molecular complexity index is 496. The molecule has 2 aromatic rings. The van der Waals surface area contributed by atoms with Crippen molar-refractivity contribution in [3.63, 3.8) is 0 Å². The summed E-state index contributed by atoms with van der Waals surface area (Å²) in [5.74, 6) is 5.69. The summed E-state index contributed by atoms with van der Waals surface area (Å²) >= 11 is 3.13. The molecule has 16 heavy (non-hydrogen) atoms. The molecule has 0 unspecified atom stereocenters. The fourth-order valence-corrected chi connectivity index (χ4v) is 2.86. The van der Waals surface area contributed by atoms with Gasteiger partial charge in [-0.2, -0.15) is 0 Å². The van der Waals surface area contributed by atoms with E-state index >= 15 is 0 Å². The molecule has 7 heteroatoms. The Hall–Kier alpha value is -1.18. The smallest absolute Gasteiger partial charge is 0.238 e. The zero-order valence-corrected chi connectivity index (χ0v) is 10.5. The number of hydrazine groups is 1. The molecule has 0 fully saturated rings. The summed E-state index contributed by atoms with van der Waals surface area (Å²) in [6, 6.07) is 0. The van der Waals surface area contributed by atoms with Crippen molar-refractivity contribution in [1.29, 1.82) is 0 Å². The van der Waals surface area contributed by atoms with Crippen molar-refractivity contribution in [3.8, 4) is 0 Å². The number of hydrogen-bond acceptors (Lipinski definition) is 7. The van der Waals surface area contributed by atoms with Crippen LogP contribution in [0.1, 0.15) is 11.3 Å². The Labute approximate surface area is 102 Å². The minimum Gasteiger partial charge on any atom is -0.292 e. The highest BCUT2D eigenvalue weighted by Crippen LogP contribution is 2.30. The lowest BCUT2D eigenvalue weighted by Gasteiger charge is -2.03. The Kier molecular flexibility index (Phi) is 3.37. The third-order valence-corrected chi connectivity index (χ3v) is 4.00. The van der Waals surface area contributed by atoms with Crippen LogP contribution in [-0.2, 0) is 0 Å². The van der Waals surface area contributed by atoms with Gasteiger partial charge in [0.05, 0.1) is 0 Å². The average molecular weight is 253 g/mol. The lowest BCUT2D eigenvalue weighted by atomic mass is 10.4. The summed E-state index contributed by atoms with van der Waals surface area (Å²) in [7, 11) is 0. The molecule has 0 aliphatic heterocycles. The van der Waals surface area contributed by atoms with Crippen molar-refractivity contribution in [1.82, 2.24) is 15.0 Å². The van der Waals surface area contributed by atoms with Gasteiger partial charge in [0, 0.05) is 22.8 Å². The third kappa shape index (κ3) is 2.49. The Morgan fingerprint density at radius 3 is 2.81 bits per heavy atom. The number of nitrogen functional groups attached to an aromatic ring is 1. The molecular formula is C9H11N5S2. The molecule has 0 saturated carbocycles. The van der Waals surface area contributed by atoms with E-state index < -0.39 is 0 Å². The molecule has 2 aromatic heterocycles. The second-order valence-corrected chi connectivity index (χ2v) is 5.28. The van der Waals surface area contributed by atoms with E-state index in [2.05, 4.69) is 20.4 Å². The van der Waals surface area contributed by atoms with Gasteiger partial charge in [0.2, 0.25) is 5.95 Å². The molecule has 0 radical (unpaired) electrons. The summed E-state index contributed by atoms with van der Waals surface area (Å²) in [6.07, 6.45) is 1.74. The SMILES string of the molecule is Cc1csc(Sc2nc(NN)ncc2C)n1. The molecule has 0 spiro atoms. The fraction of sp³-hybridized carbons (Fsp3) is 0.222. The maximum Gasteiger partial charge on any atom is 0.238 e. The molecule has 84 valence electrons. The molecule has 0 aliphatic rings. The molecule has 0 bridgehead atoms. The van der Waals surface area contributed by atoms with E-state index in [9.17, 15) is 0 Å². The summed E-state index contributed by atoms with van der Waals surface area (Å²) < 4.78 is 0.974. The molecule has 2 heterocycles. The first-order chi connectivity index (χ1) is 7.69. The Morgan fingerprint density at radius 2 is 2.19 bits per heavy atom. The molecule has 0 amide bonds. The first kappa shape index (κ1) is 11.3. The quantitative estimate of drug-likeness (QED) is 0.495. The van der Waals surface area contributed by atoms with E-state index in [0.717, 1.165) is 20.6 Å². The van der Waals surface area contributed by atoms with Crippen LogP contribution in [-0.4, -0.2) is 15.0 Å². The molecule has 5 nitrogen and oxygen atoms in total. The van der Waals surface area contributed by atoms with E-state index in [1.54, 1.807) is 17.5 Å². The number of aromatic nitrogens is 3. The fourth-order valence-electron chi connectivity index (χ4n) is 1.06. The van der Waals surface area contributed by atoms with E-state index in [4.69, 9.17) is 5.84 Å². The highest BCUT2D eigenvalue weighted by molar-refractivity contribution is 8.01. The van der Waals surface area contributed by atoms with Gasteiger partial charge in [-0.3, -0.25) is 5.43 Å². The lowest BCUT2D eigenvalue weighted by molar-refractivity contribution is 0.990. The molecule has 0 saturated heterocycles. The van der Waals surface area contributed by atoms with Crippen LogP contribution in [0, 0.1) is 13.8 Å².